The normalized spacial score (nSPS) is 10.0. The highest BCUT2D eigenvalue weighted by molar-refractivity contribution is 7.99. The van der Waals surface area contributed by atoms with E-state index < -0.39 is 10.7 Å². The number of hydrogen-bond acceptors (Lipinski definition) is 3. The fraction of sp³-hybridized carbons (Fsp3) is 0.250. The SMILES string of the molecule is CCSc1cc([N+](=O)[O-])ccc1F. The van der Waals surface area contributed by atoms with Crippen LogP contribution in [0.2, 0.25) is 0 Å². The molecule has 0 aromatic heterocycles. The molecule has 3 nitrogen and oxygen atoms in total. The van der Waals surface area contributed by atoms with E-state index in [0.717, 1.165) is 12.1 Å². The van der Waals surface area contributed by atoms with Crippen molar-refractivity contribution in [3.05, 3.63) is 34.1 Å². The van der Waals surface area contributed by atoms with Gasteiger partial charge < -0.3 is 0 Å². The summed E-state index contributed by atoms with van der Waals surface area (Å²) in [6.07, 6.45) is 0. The molecule has 0 aliphatic carbocycles. The fourth-order valence-corrected chi connectivity index (χ4v) is 1.59. The Hall–Kier alpha value is -1.10. The van der Waals surface area contributed by atoms with Crippen molar-refractivity contribution in [2.45, 2.75) is 11.8 Å². The number of benzene rings is 1. The zero-order chi connectivity index (χ0) is 9.84. The lowest BCUT2D eigenvalue weighted by Crippen LogP contribution is -1.90. The molecule has 0 bridgehead atoms. The van der Waals surface area contributed by atoms with E-state index in [1.807, 2.05) is 6.92 Å². The van der Waals surface area contributed by atoms with Gasteiger partial charge in [0.15, 0.2) is 0 Å². The Morgan fingerprint density at radius 2 is 2.31 bits per heavy atom. The van der Waals surface area contributed by atoms with Crippen LogP contribution in [-0.4, -0.2) is 10.7 Å². The van der Waals surface area contributed by atoms with E-state index in [4.69, 9.17) is 0 Å². The summed E-state index contributed by atoms with van der Waals surface area (Å²) in [5.74, 6) is 0.287. The van der Waals surface area contributed by atoms with Gasteiger partial charge in [-0.2, -0.15) is 0 Å². The number of halogens is 1. The summed E-state index contributed by atoms with van der Waals surface area (Å²) in [7, 11) is 0. The number of non-ortho nitro benzene ring substituents is 1. The van der Waals surface area contributed by atoms with E-state index in [1.54, 1.807) is 0 Å². The molecule has 5 heteroatoms. The number of rotatable bonds is 3. The number of nitrogens with zero attached hydrogens (tertiary/aromatic N) is 1. The van der Waals surface area contributed by atoms with Crippen LogP contribution >= 0.6 is 11.8 Å². The summed E-state index contributed by atoms with van der Waals surface area (Å²) in [4.78, 5) is 10.1. The molecule has 0 unspecified atom stereocenters. The second kappa shape index (κ2) is 4.23. The van der Waals surface area contributed by atoms with Gasteiger partial charge in [0.25, 0.3) is 5.69 Å². The van der Waals surface area contributed by atoms with Crippen LogP contribution in [0.25, 0.3) is 0 Å². The minimum Gasteiger partial charge on any atom is -0.258 e. The van der Waals surface area contributed by atoms with Crippen LogP contribution < -0.4 is 0 Å². The van der Waals surface area contributed by atoms with Crippen LogP contribution in [0, 0.1) is 15.9 Å². The average Bonchev–Trinajstić information content (AvgIpc) is 2.08. The summed E-state index contributed by atoms with van der Waals surface area (Å²) in [6, 6.07) is 3.54. The number of thioether (sulfide) groups is 1. The molecule has 0 amide bonds. The Morgan fingerprint density at radius 3 is 2.85 bits per heavy atom. The van der Waals surface area contributed by atoms with Gasteiger partial charge in [-0.05, 0) is 11.8 Å². The Balaban J connectivity index is 3.03. The van der Waals surface area contributed by atoms with Crippen molar-refractivity contribution in [1.82, 2.24) is 0 Å². The summed E-state index contributed by atoms with van der Waals surface area (Å²) in [5, 5.41) is 10.3. The van der Waals surface area contributed by atoms with Gasteiger partial charge in [-0.15, -0.1) is 11.8 Å². The van der Waals surface area contributed by atoms with Crippen molar-refractivity contribution in [3.63, 3.8) is 0 Å². The largest absolute Gasteiger partial charge is 0.270 e. The van der Waals surface area contributed by atoms with Crippen LogP contribution in [0.4, 0.5) is 10.1 Å². The number of hydrogen-bond donors (Lipinski definition) is 0. The average molecular weight is 201 g/mol. The third kappa shape index (κ3) is 2.42. The molecule has 0 radical (unpaired) electrons. The van der Waals surface area contributed by atoms with E-state index in [1.165, 1.54) is 17.8 Å². The molecule has 0 aliphatic rings. The predicted molar refractivity (Wildman–Crippen MR) is 49.5 cm³/mol. The minimum absolute atomic E-state index is 0.0719. The first kappa shape index (κ1) is 9.98. The second-order valence-corrected chi connectivity index (χ2v) is 3.61. The highest BCUT2D eigenvalue weighted by Gasteiger charge is 2.09. The van der Waals surface area contributed by atoms with Crippen molar-refractivity contribution < 1.29 is 9.31 Å². The lowest BCUT2D eigenvalue weighted by atomic mass is 10.3. The van der Waals surface area contributed by atoms with Gasteiger partial charge in [0.2, 0.25) is 0 Å². The van der Waals surface area contributed by atoms with Crippen molar-refractivity contribution in [1.29, 1.82) is 0 Å². The summed E-state index contributed by atoms with van der Waals surface area (Å²) >= 11 is 1.25. The molecule has 1 aromatic rings. The van der Waals surface area contributed by atoms with Crippen molar-refractivity contribution >= 4 is 17.4 Å². The maximum atomic E-state index is 13.0. The van der Waals surface area contributed by atoms with Crippen LogP contribution in [-0.2, 0) is 0 Å². The number of nitro benzene ring substituents is 1. The Kier molecular flexibility index (Phi) is 3.25. The first-order valence-electron chi connectivity index (χ1n) is 3.72. The van der Waals surface area contributed by atoms with Crippen LogP contribution in [0.15, 0.2) is 23.1 Å². The van der Waals surface area contributed by atoms with E-state index >= 15 is 0 Å². The standard InChI is InChI=1S/C8H8FNO2S/c1-2-13-8-5-6(10(11)12)3-4-7(8)9/h3-5H,2H2,1H3. The zero-order valence-corrected chi connectivity index (χ0v) is 7.81. The minimum atomic E-state index is -0.529. The van der Waals surface area contributed by atoms with Gasteiger partial charge in [-0.3, -0.25) is 10.1 Å². The molecule has 0 spiro atoms. The molecule has 13 heavy (non-hydrogen) atoms. The molecule has 0 atom stereocenters. The lowest BCUT2D eigenvalue weighted by molar-refractivity contribution is -0.385. The maximum Gasteiger partial charge on any atom is 0.270 e. The lowest BCUT2D eigenvalue weighted by Gasteiger charge is -1.99. The van der Waals surface area contributed by atoms with Gasteiger partial charge in [-0.25, -0.2) is 4.39 Å². The predicted octanol–water partition coefficient (Wildman–Crippen LogP) is 2.85. The Labute approximate surface area is 79.1 Å². The molecule has 0 heterocycles. The van der Waals surface area contributed by atoms with Gasteiger partial charge in [0.05, 0.1) is 4.92 Å². The highest BCUT2D eigenvalue weighted by atomic mass is 32.2. The zero-order valence-electron chi connectivity index (χ0n) is 6.99. The molecule has 0 aliphatic heterocycles. The Bertz CT molecular complexity index is 330. The molecule has 1 aromatic carbocycles. The van der Waals surface area contributed by atoms with Gasteiger partial charge in [-0.1, -0.05) is 6.92 Å². The topological polar surface area (TPSA) is 43.1 Å². The van der Waals surface area contributed by atoms with E-state index in [0.29, 0.717) is 10.6 Å². The summed E-state index contributed by atoms with van der Waals surface area (Å²) in [6.45, 7) is 1.86. The monoisotopic (exact) mass is 201 g/mol. The maximum absolute atomic E-state index is 13.0. The molecular formula is C8H8FNO2S. The quantitative estimate of drug-likeness (QED) is 0.429. The molecular weight excluding hydrogens is 193 g/mol. The molecule has 0 fully saturated rings. The molecule has 70 valence electrons. The van der Waals surface area contributed by atoms with Crippen molar-refractivity contribution in [3.8, 4) is 0 Å². The van der Waals surface area contributed by atoms with Gasteiger partial charge >= 0.3 is 0 Å². The molecule has 0 saturated heterocycles. The van der Waals surface area contributed by atoms with Crippen LogP contribution in [0.1, 0.15) is 6.92 Å². The number of nitro groups is 1. The Morgan fingerprint density at radius 1 is 1.62 bits per heavy atom. The third-order valence-electron chi connectivity index (χ3n) is 1.43. The van der Waals surface area contributed by atoms with E-state index in [9.17, 15) is 14.5 Å². The first-order chi connectivity index (χ1) is 6.15. The van der Waals surface area contributed by atoms with E-state index in [2.05, 4.69) is 0 Å². The highest BCUT2D eigenvalue weighted by Crippen LogP contribution is 2.25. The molecule has 0 saturated carbocycles. The smallest absolute Gasteiger partial charge is 0.258 e. The van der Waals surface area contributed by atoms with Crippen LogP contribution in [0.5, 0.6) is 0 Å². The van der Waals surface area contributed by atoms with Crippen molar-refractivity contribution in [2.75, 3.05) is 5.75 Å². The molecule has 1 rings (SSSR count). The van der Waals surface area contributed by atoms with Crippen LogP contribution in [0.3, 0.4) is 0 Å². The van der Waals surface area contributed by atoms with Crippen molar-refractivity contribution in [2.24, 2.45) is 0 Å². The van der Waals surface area contributed by atoms with Gasteiger partial charge in [0, 0.05) is 17.0 Å². The van der Waals surface area contributed by atoms with E-state index in [-0.39, 0.29) is 5.69 Å². The third-order valence-corrected chi connectivity index (χ3v) is 2.34. The summed E-state index contributed by atoms with van der Waals surface area (Å²) in [5.41, 5.74) is -0.0719. The van der Waals surface area contributed by atoms with Gasteiger partial charge in [0.1, 0.15) is 5.82 Å². The second-order valence-electron chi connectivity index (χ2n) is 2.30. The fourth-order valence-electron chi connectivity index (χ4n) is 0.872. The molecule has 0 N–H and O–H groups in total. The first-order valence-corrected chi connectivity index (χ1v) is 4.70. The summed E-state index contributed by atoms with van der Waals surface area (Å²) < 4.78 is 13.0.